The number of carbonyl (C=O) groups excluding carboxylic acids is 2. The van der Waals surface area contributed by atoms with Crippen molar-refractivity contribution in [2.45, 2.75) is 12.8 Å². The molecule has 0 saturated heterocycles. The second-order valence-corrected chi connectivity index (χ2v) is 5.83. The molecule has 1 aromatic rings. The highest BCUT2D eigenvalue weighted by Gasteiger charge is 2.31. The van der Waals surface area contributed by atoms with Gasteiger partial charge in [0.05, 0.1) is 19.9 Å². The van der Waals surface area contributed by atoms with Crippen molar-refractivity contribution >= 4 is 34.0 Å². The number of ether oxygens (including phenoxy) is 2. The fourth-order valence-corrected chi connectivity index (χ4v) is 3.11. The number of carbonyl (C=O) groups is 2. The minimum atomic E-state index is -0.538. The lowest BCUT2D eigenvalue weighted by Crippen LogP contribution is -2.21. The van der Waals surface area contributed by atoms with Gasteiger partial charge >= 0.3 is 11.9 Å². The number of esters is 2. The minimum absolute atomic E-state index is 0.131. The Morgan fingerprint density at radius 1 is 1.30 bits per heavy atom. The van der Waals surface area contributed by atoms with Crippen molar-refractivity contribution in [1.29, 1.82) is 0 Å². The molecule has 1 heterocycles. The van der Waals surface area contributed by atoms with Crippen LogP contribution in [0.15, 0.2) is 0 Å². The molecule has 0 spiro atoms. The summed E-state index contributed by atoms with van der Waals surface area (Å²) in [7, 11) is 4.46. The number of hydrogen-bond acceptors (Lipinski definition) is 7. The first-order valence-corrected chi connectivity index (χ1v) is 7.11. The molecule has 1 aromatic heterocycles. The second-order valence-electron chi connectivity index (χ2n) is 4.83. The van der Waals surface area contributed by atoms with Gasteiger partial charge in [0, 0.05) is 13.6 Å². The molecule has 20 heavy (non-hydrogen) atoms. The molecule has 1 fully saturated rings. The van der Waals surface area contributed by atoms with Crippen molar-refractivity contribution in [1.82, 2.24) is 0 Å². The summed E-state index contributed by atoms with van der Waals surface area (Å²) in [5.41, 5.74) is 6.31. The van der Waals surface area contributed by atoms with Crippen LogP contribution < -0.4 is 10.6 Å². The Hall–Kier alpha value is -1.76. The zero-order valence-corrected chi connectivity index (χ0v) is 12.6. The maximum absolute atomic E-state index is 11.9. The van der Waals surface area contributed by atoms with Gasteiger partial charge in [0.2, 0.25) is 0 Å². The van der Waals surface area contributed by atoms with Crippen LogP contribution in [0.1, 0.15) is 32.9 Å². The van der Waals surface area contributed by atoms with Gasteiger partial charge in [0.1, 0.15) is 15.4 Å². The zero-order valence-electron chi connectivity index (χ0n) is 11.8. The summed E-state index contributed by atoms with van der Waals surface area (Å²) in [5.74, 6) is -0.425. The van der Waals surface area contributed by atoms with Crippen molar-refractivity contribution in [3.8, 4) is 0 Å². The summed E-state index contributed by atoms with van der Waals surface area (Å²) >= 11 is 1.17. The standard InChI is InChI=1S/C13H18N2O4S/c1-15(6-7-4-5-7)11-8(12(16)18-2)9(14)10(20-11)13(17)19-3/h7H,4-6,14H2,1-3H3. The Morgan fingerprint density at radius 2 is 1.90 bits per heavy atom. The van der Waals surface area contributed by atoms with E-state index in [-0.39, 0.29) is 16.1 Å². The van der Waals surface area contributed by atoms with Crippen LogP contribution in [-0.2, 0) is 9.47 Å². The van der Waals surface area contributed by atoms with Crippen LogP contribution >= 0.6 is 11.3 Å². The van der Waals surface area contributed by atoms with Gasteiger partial charge in [-0.2, -0.15) is 0 Å². The summed E-state index contributed by atoms with van der Waals surface area (Å²) in [6, 6.07) is 0. The fraction of sp³-hybridized carbons (Fsp3) is 0.538. The average molecular weight is 298 g/mol. The van der Waals surface area contributed by atoms with Crippen LogP contribution in [0.3, 0.4) is 0 Å². The molecule has 0 bridgehead atoms. The molecule has 0 aromatic carbocycles. The number of thiophene rings is 1. The predicted molar refractivity (Wildman–Crippen MR) is 77.4 cm³/mol. The lowest BCUT2D eigenvalue weighted by Gasteiger charge is -2.18. The molecular formula is C13H18N2O4S. The number of anilines is 2. The van der Waals surface area contributed by atoms with Gasteiger partial charge in [-0.1, -0.05) is 0 Å². The highest BCUT2D eigenvalue weighted by Crippen LogP contribution is 2.40. The van der Waals surface area contributed by atoms with Crippen LogP contribution in [0, 0.1) is 5.92 Å². The smallest absolute Gasteiger partial charge is 0.350 e. The minimum Gasteiger partial charge on any atom is -0.465 e. The third-order valence-corrected chi connectivity index (χ3v) is 4.56. The number of nitrogen functional groups attached to an aromatic ring is 1. The third-order valence-electron chi connectivity index (χ3n) is 3.26. The molecule has 0 radical (unpaired) electrons. The van der Waals surface area contributed by atoms with E-state index in [9.17, 15) is 9.59 Å². The number of hydrogen-bond donors (Lipinski definition) is 1. The van der Waals surface area contributed by atoms with Crippen LogP contribution in [0.5, 0.6) is 0 Å². The number of nitrogens with zero attached hydrogens (tertiary/aromatic N) is 1. The first-order chi connectivity index (χ1) is 9.49. The van der Waals surface area contributed by atoms with Gasteiger partial charge in [-0.15, -0.1) is 11.3 Å². The summed E-state index contributed by atoms with van der Waals surface area (Å²) in [4.78, 5) is 25.8. The SMILES string of the molecule is COC(=O)c1sc(N(C)CC2CC2)c(C(=O)OC)c1N. The molecule has 0 amide bonds. The summed E-state index contributed by atoms with van der Waals surface area (Å²) in [6.07, 6.45) is 2.39. The molecule has 2 N–H and O–H groups in total. The van der Waals surface area contributed by atoms with Crippen molar-refractivity contribution in [3.63, 3.8) is 0 Å². The summed E-state index contributed by atoms with van der Waals surface area (Å²) in [5, 5.41) is 0.654. The number of nitrogens with two attached hydrogens (primary N) is 1. The Bertz CT molecular complexity index is 537. The van der Waals surface area contributed by atoms with Crippen LogP contribution in [0.4, 0.5) is 10.7 Å². The molecule has 6 nitrogen and oxygen atoms in total. The second kappa shape index (κ2) is 5.70. The van der Waals surface area contributed by atoms with Crippen LogP contribution in [0.25, 0.3) is 0 Å². The Balaban J connectivity index is 2.41. The highest BCUT2D eigenvalue weighted by molar-refractivity contribution is 7.19. The quantitative estimate of drug-likeness (QED) is 0.834. The highest BCUT2D eigenvalue weighted by atomic mass is 32.1. The van der Waals surface area contributed by atoms with E-state index in [0.717, 1.165) is 6.54 Å². The molecular weight excluding hydrogens is 280 g/mol. The van der Waals surface area contributed by atoms with Gasteiger partial charge in [-0.05, 0) is 18.8 Å². The molecule has 7 heteroatoms. The average Bonchev–Trinajstić information content (AvgIpc) is 3.18. The molecule has 0 unspecified atom stereocenters. The Kier molecular flexibility index (Phi) is 4.17. The largest absolute Gasteiger partial charge is 0.465 e. The maximum Gasteiger partial charge on any atom is 0.350 e. The monoisotopic (exact) mass is 298 g/mol. The lowest BCUT2D eigenvalue weighted by atomic mass is 10.2. The predicted octanol–water partition coefficient (Wildman–Crippen LogP) is 1.75. The molecule has 110 valence electrons. The van der Waals surface area contributed by atoms with E-state index in [1.54, 1.807) is 0 Å². The molecule has 1 aliphatic rings. The fourth-order valence-electron chi connectivity index (χ4n) is 2.01. The van der Waals surface area contributed by atoms with E-state index < -0.39 is 11.9 Å². The van der Waals surface area contributed by atoms with E-state index in [0.29, 0.717) is 10.9 Å². The van der Waals surface area contributed by atoms with E-state index in [1.807, 2.05) is 11.9 Å². The van der Waals surface area contributed by atoms with Crippen LogP contribution in [-0.4, -0.2) is 39.8 Å². The lowest BCUT2D eigenvalue weighted by molar-refractivity contribution is 0.0602. The number of rotatable bonds is 5. The van der Waals surface area contributed by atoms with Crippen LogP contribution in [0.2, 0.25) is 0 Å². The molecule has 2 rings (SSSR count). The summed E-state index contributed by atoms with van der Waals surface area (Å²) in [6.45, 7) is 0.838. The topological polar surface area (TPSA) is 81.9 Å². The first kappa shape index (κ1) is 14.6. The van der Waals surface area contributed by atoms with Crippen molar-refractivity contribution < 1.29 is 19.1 Å². The zero-order chi connectivity index (χ0) is 14.9. The van der Waals surface area contributed by atoms with E-state index in [1.165, 1.54) is 38.4 Å². The number of methoxy groups -OCH3 is 2. The van der Waals surface area contributed by atoms with E-state index >= 15 is 0 Å². The normalized spacial score (nSPS) is 13.9. The summed E-state index contributed by atoms with van der Waals surface area (Å²) < 4.78 is 9.46. The molecule has 0 aliphatic heterocycles. The van der Waals surface area contributed by atoms with E-state index in [2.05, 4.69) is 0 Å². The van der Waals surface area contributed by atoms with Gasteiger partial charge in [-0.25, -0.2) is 9.59 Å². The first-order valence-electron chi connectivity index (χ1n) is 6.29. The Morgan fingerprint density at radius 3 is 2.40 bits per heavy atom. The third kappa shape index (κ3) is 2.72. The van der Waals surface area contributed by atoms with Crippen molar-refractivity contribution in [3.05, 3.63) is 10.4 Å². The maximum atomic E-state index is 11.9. The van der Waals surface area contributed by atoms with E-state index in [4.69, 9.17) is 15.2 Å². The van der Waals surface area contributed by atoms with Gasteiger partial charge in [-0.3, -0.25) is 0 Å². The van der Waals surface area contributed by atoms with Gasteiger partial charge in [0.15, 0.2) is 0 Å². The molecule has 1 saturated carbocycles. The Labute approximate surface area is 121 Å². The van der Waals surface area contributed by atoms with Gasteiger partial charge in [0.25, 0.3) is 0 Å². The van der Waals surface area contributed by atoms with Crippen molar-refractivity contribution in [2.75, 3.05) is 38.4 Å². The van der Waals surface area contributed by atoms with Gasteiger partial charge < -0.3 is 20.1 Å². The molecule has 0 atom stereocenters. The molecule has 1 aliphatic carbocycles. The van der Waals surface area contributed by atoms with Crippen molar-refractivity contribution in [2.24, 2.45) is 5.92 Å².